The molecule has 104 valence electrons. The van der Waals surface area contributed by atoms with Crippen molar-refractivity contribution in [2.45, 2.75) is 65.2 Å². The predicted molar refractivity (Wildman–Crippen MR) is 84.1 cm³/mol. The van der Waals surface area contributed by atoms with Crippen molar-refractivity contribution in [3.63, 3.8) is 0 Å². The minimum atomic E-state index is -1.23. The number of unbranched alkanes of at least 4 members (excludes halogenated alkanes) is 6. The summed E-state index contributed by atoms with van der Waals surface area (Å²) in [5.74, 6) is 0. The topological polar surface area (TPSA) is 24.1 Å². The quantitative estimate of drug-likeness (QED) is 0.304. The first-order chi connectivity index (χ1) is 8.12. The second-order valence-electron chi connectivity index (χ2n) is 4.51. The summed E-state index contributed by atoms with van der Waals surface area (Å²) < 4.78 is -1.23. The zero-order valence-corrected chi connectivity index (χ0v) is 15.9. The fraction of sp³-hybridized carbons (Fsp3) is 1.00. The Morgan fingerprint density at radius 3 is 1.59 bits per heavy atom. The molecule has 0 aromatic rings. The molecule has 0 aromatic heterocycles. The average Bonchev–Trinajstić information content (AvgIpc) is 2.28. The molecule has 0 atom stereocenters. The standard InChI is InChI=1S/C12H29N2PSe2/c1-3-5-7-9-11-13-15(16,17)14-12-10-8-6-4-2/h3-12H2,1-2H3,(H3,13,14,16,17). The average molecular weight is 390 g/mol. The minimum absolute atomic E-state index is 1.14. The predicted octanol–water partition coefficient (Wildman–Crippen LogP) is 3.07. The van der Waals surface area contributed by atoms with Crippen LogP contribution in [0.3, 0.4) is 0 Å². The van der Waals surface area contributed by atoms with Gasteiger partial charge in [-0.25, -0.2) is 0 Å². The molecule has 2 N–H and O–H groups in total. The van der Waals surface area contributed by atoms with Crippen LogP contribution < -0.4 is 10.2 Å². The molecular formula is C12H29N2PSe2. The zero-order valence-electron chi connectivity index (χ0n) is 11.4. The molecule has 0 bridgehead atoms. The van der Waals surface area contributed by atoms with Gasteiger partial charge in [0, 0.05) is 0 Å². The van der Waals surface area contributed by atoms with Crippen molar-refractivity contribution in [3.8, 4) is 0 Å². The molecule has 2 nitrogen and oxygen atoms in total. The Bertz CT molecular complexity index is 195. The summed E-state index contributed by atoms with van der Waals surface area (Å²) in [4.78, 5) is 0. The molecule has 0 heterocycles. The van der Waals surface area contributed by atoms with E-state index in [0.29, 0.717) is 0 Å². The third-order valence-corrected chi connectivity index (χ3v) is 7.42. The van der Waals surface area contributed by atoms with Gasteiger partial charge in [0.15, 0.2) is 0 Å². The van der Waals surface area contributed by atoms with Crippen molar-refractivity contribution in [2.24, 2.45) is 0 Å². The van der Waals surface area contributed by atoms with E-state index in [2.05, 4.69) is 54.7 Å². The van der Waals surface area contributed by atoms with E-state index in [1.165, 1.54) is 51.4 Å². The van der Waals surface area contributed by atoms with Gasteiger partial charge in [-0.05, 0) is 0 Å². The van der Waals surface area contributed by atoms with Gasteiger partial charge >= 0.3 is 124 Å². The van der Waals surface area contributed by atoms with Crippen LogP contribution in [0, 0.1) is 0 Å². The van der Waals surface area contributed by atoms with Crippen molar-refractivity contribution in [3.05, 3.63) is 0 Å². The Morgan fingerprint density at radius 2 is 1.24 bits per heavy atom. The van der Waals surface area contributed by atoms with Gasteiger partial charge in [0.2, 0.25) is 0 Å². The Balaban J connectivity index is 3.42. The van der Waals surface area contributed by atoms with Crippen LogP contribution in [-0.4, -0.2) is 43.8 Å². The van der Waals surface area contributed by atoms with E-state index in [4.69, 9.17) is 0 Å². The summed E-state index contributed by atoms with van der Waals surface area (Å²) in [6, 6.07) is 0. The van der Waals surface area contributed by atoms with Gasteiger partial charge in [-0.15, -0.1) is 0 Å². The van der Waals surface area contributed by atoms with Crippen molar-refractivity contribution in [2.75, 3.05) is 13.1 Å². The molecule has 0 saturated carbocycles. The Kier molecular flexibility index (Phi) is 13.4. The summed E-state index contributed by atoms with van der Waals surface area (Å²) in [7, 11) is 0. The van der Waals surface area contributed by atoms with Gasteiger partial charge in [0.25, 0.3) is 0 Å². The van der Waals surface area contributed by atoms with E-state index < -0.39 is 4.50 Å². The van der Waals surface area contributed by atoms with Crippen LogP contribution in [0.5, 0.6) is 0 Å². The van der Waals surface area contributed by atoms with Gasteiger partial charge in [-0.2, -0.15) is 0 Å². The SMILES string of the molecule is CCCCCCNP(=[Se])([SeH])NCCCCCC. The van der Waals surface area contributed by atoms with Crippen LogP contribution in [-0.2, 0) is 0 Å². The molecular weight excluding hydrogens is 361 g/mol. The van der Waals surface area contributed by atoms with E-state index >= 15 is 0 Å². The van der Waals surface area contributed by atoms with Crippen LogP contribution in [0.25, 0.3) is 0 Å². The van der Waals surface area contributed by atoms with Crippen LogP contribution in [0.15, 0.2) is 0 Å². The summed E-state index contributed by atoms with van der Waals surface area (Å²) >= 11 is 6.08. The molecule has 5 heteroatoms. The fourth-order valence-electron chi connectivity index (χ4n) is 1.62. The first-order valence-electron chi connectivity index (χ1n) is 6.95. The van der Waals surface area contributed by atoms with Crippen LogP contribution >= 0.6 is 4.50 Å². The van der Waals surface area contributed by atoms with E-state index in [0.717, 1.165) is 13.1 Å². The fourth-order valence-corrected chi connectivity index (χ4v) is 5.06. The molecule has 0 rings (SSSR count). The molecule has 0 saturated heterocycles. The molecule has 0 fully saturated rings. The Labute approximate surface area is 123 Å². The maximum absolute atomic E-state index is 3.63. The summed E-state index contributed by atoms with van der Waals surface area (Å²) in [5, 5.41) is 7.25. The maximum atomic E-state index is 3.63. The van der Waals surface area contributed by atoms with Crippen LogP contribution in [0.4, 0.5) is 0 Å². The van der Waals surface area contributed by atoms with E-state index in [9.17, 15) is 0 Å². The third-order valence-electron chi connectivity index (χ3n) is 2.71. The van der Waals surface area contributed by atoms with Gasteiger partial charge < -0.3 is 0 Å². The molecule has 0 radical (unpaired) electrons. The van der Waals surface area contributed by atoms with Gasteiger partial charge in [0.1, 0.15) is 0 Å². The summed E-state index contributed by atoms with van der Waals surface area (Å²) in [6.45, 7) is 6.79. The molecule has 0 aliphatic carbocycles. The Hall–Kier alpha value is 1.39. The van der Waals surface area contributed by atoms with Crippen molar-refractivity contribution in [1.29, 1.82) is 0 Å². The first kappa shape index (κ1) is 18.4. The molecule has 0 unspecified atom stereocenters. The second kappa shape index (κ2) is 12.4. The molecule has 17 heavy (non-hydrogen) atoms. The Morgan fingerprint density at radius 1 is 0.824 bits per heavy atom. The molecule has 0 spiro atoms. The third kappa shape index (κ3) is 13.6. The summed E-state index contributed by atoms with van der Waals surface area (Å²) in [5.41, 5.74) is 0. The number of hydrogen-bond donors (Lipinski definition) is 2. The van der Waals surface area contributed by atoms with Crippen molar-refractivity contribution >= 4 is 35.2 Å². The number of hydrogen-bond acceptors (Lipinski definition) is 2. The van der Waals surface area contributed by atoms with Gasteiger partial charge in [-0.1, -0.05) is 0 Å². The number of nitrogens with one attached hydrogen (secondary N) is 2. The molecule has 0 aliphatic heterocycles. The van der Waals surface area contributed by atoms with Gasteiger partial charge in [-0.3, -0.25) is 0 Å². The normalized spacial score (nSPS) is 11.9. The number of rotatable bonds is 12. The monoisotopic (exact) mass is 392 g/mol. The second-order valence-corrected chi connectivity index (χ2v) is 17.5. The molecule has 0 aromatic carbocycles. The van der Waals surface area contributed by atoms with E-state index in [-0.39, 0.29) is 0 Å². The summed E-state index contributed by atoms with van der Waals surface area (Å²) in [6.07, 6.45) is 10.7. The van der Waals surface area contributed by atoms with Crippen molar-refractivity contribution in [1.82, 2.24) is 10.2 Å². The molecule has 0 amide bonds. The zero-order chi connectivity index (χ0) is 13.0. The van der Waals surface area contributed by atoms with Gasteiger partial charge in [0.05, 0.1) is 0 Å². The molecule has 0 aliphatic rings. The van der Waals surface area contributed by atoms with Crippen LogP contribution in [0.2, 0.25) is 0 Å². The van der Waals surface area contributed by atoms with E-state index in [1.807, 2.05) is 0 Å². The van der Waals surface area contributed by atoms with E-state index in [1.54, 1.807) is 0 Å². The van der Waals surface area contributed by atoms with Crippen LogP contribution in [0.1, 0.15) is 65.2 Å². The first-order valence-corrected chi connectivity index (χ1v) is 13.4. The van der Waals surface area contributed by atoms with Crippen molar-refractivity contribution < 1.29 is 0 Å².